The monoisotopic (exact) mass is 262 g/mol. The first kappa shape index (κ1) is 13.0. The van der Waals surface area contributed by atoms with Crippen LogP contribution in [0.4, 0.5) is 5.82 Å². The van der Waals surface area contributed by atoms with Crippen LogP contribution in [0.3, 0.4) is 0 Å². The molecule has 2 aromatic rings. The van der Waals surface area contributed by atoms with Crippen molar-refractivity contribution in [3.63, 3.8) is 0 Å². The number of aromatic nitrogens is 1. The Labute approximate surface area is 112 Å². The van der Waals surface area contributed by atoms with Crippen molar-refractivity contribution in [2.75, 3.05) is 31.0 Å². The van der Waals surface area contributed by atoms with Crippen molar-refractivity contribution in [1.82, 2.24) is 4.98 Å². The van der Waals surface area contributed by atoms with Crippen molar-refractivity contribution < 1.29 is 4.74 Å². The highest BCUT2D eigenvalue weighted by molar-refractivity contribution is 7.98. The number of hydrogen-bond acceptors (Lipinski definition) is 4. The number of nitrogens with one attached hydrogen (secondary N) is 1. The van der Waals surface area contributed by atoms with Crippen LogP contribution in [-0.2, 0) is 0 Å². The zero-order valence-electron chi connectivity index (χ0n) is 10.8. The number of methoxy groups -OCH3 is 1. The number of fused-ring (bicyclic) bond motifs is 1. The van der Waals surface area contributed by atoms with E-state index in [9.17, 15) is 0 Å². The average molecular weight is 262 g/mol. The van der Waals surface area contributed by atoms with Crippen molar-refractivity contribution in [3.05, 3.63) is 30.5 Å². The minimum atomic E-state index is 0.877. The van der Waals surface area contributed by atoms with Gasteiger partial charge in [0.25, 0.3) is 0 Å². The van der Waals surface area contributed by atoms with Crippen LogP contribution in [-0.4, -0.2) is 30.6 Å². The van der Waals surface area contributed by atoms with Crippen LogP contribution in [0, 0.1) is 0 Å². The molecule has 1 aromatic heterocycles. The van der Waals surface area contributed by atoms with Gasteiger partial charge in [0.1, 0.15) is 11.6 Å². The Morgan fingerprint density at radius 1 is 1.33 bits per heavy atom. The standard InChI is InChI=1S/C14H18N2OS/c1-17-12-4-5-13-11(10-12)6-8-16-14(13)15-7-3-9-18-2/h4-6,8,10H,3,7,9H2,1-2H3,(H,15,16). The van der Waals surface area contributed by atoms with Crippen molar-refractivity contribution in [3.8, 4) is 5.75 Å². The maximum atomic E-state index is 5.23. The topological polar surface area (TPSA) is 34.1 Å². The number of thioether (sulfide) groups is 1. The summed E-state index contributed by atoms with van der Waals surface area (Å²) in [5, 5.41) is 5.69. The molecule has 1 heterocycles. The fourth-order valence-electron chi connectivity index (χ4n) is 1.85. The van der Waals surface area contributed by atoms with E-state index in [1.165, 1.54) is 5.75 Å². The molecule has 0 amide bonds. The number of ether oxygens (including phenoxy) is 1. The fraction of sp³-hybridized carbons (Fsp3) is 0.357. The van der Waals surface area contributed by atoms with Gasteiger partial charge in [-0.3, -0.25) is 0 Å². The Kier molecular flexibility index (Phi) is 4.70. The zero-order valence-corrected chi connectivity index (χ0v) is 11.6. The Morgan fingerprint density at radius 2 is 2.22 bits per heavy atom. The summed E-state index contributed by atoms with van der Waals surface area (Å²) in [6, 6.07) is 8.06. The maximum Gasteiger partial charge on any atom is 0.133 e. The molecule has 0 aliphatic rings. The highest BCUT2D eigenvalue weighted by Crippen LogP contribution is 2.25. The smallest absolute Gasteiger partial charge is 0.133 e. The first-order valence-corrected chi connectivity index (χ1v) is 7.40. The van der Waals surface area contributed by atoms with Crippen LogP contribution in [0.5, 0.6) is 5.75 Å². The van der Waals surface area contributed by atoms with Crippen LogP contribution in [0.2, 0.25) is 0 Å². The lowest BCUT2D eigenvalue weighted by molar-refractivity contribution is 0.415. The summed E-state index contributed by atoms with van der Waals surface area (Å²) in [5.74, 6) is 3.00. The molecule has 96 valence electrons. The molecule has 2 rings (SSSR count). The summed E-state index contributed by atoms with van der Waals surface area (Å²) in [6.45, 7) is 0.957. The minimum absolute atomic E-state index is 0.877. The van der Waals surface area contributed by atoms with E-state index < -0.39 is 0 Å². The Balaban J connectivity index is 2.17. The van der Waals surface area contributed by atoms with Crippen molar-refractivity contribution in [2.45, 2.75) is 6.42 Å². The highest BCUT2D eigenvalue weighted by atomic mass is 32.2. The number of hydrogen-bond donors (Lipinski definition) is 1. The van der Waals surface area contributed by atoms with Crippen LogP contribution in [0.25, 0.3) is 10.8 Å². The molecule has 0 atom stereocenters. The van der Waals surface area contributed by atoms with E-state index >= 15 is 0 Å². The van der Waals surface area contributed by atoms with Gasteiger partial charge in [0, 0.05) is 18.1 Å². The van der Waals surface area contributed by atoms with Crippen molar-refractivity contribution in [2.24, 2.45) is 0 Å². The van der Waals surface area contributed by atoms with Crippen LogP contribution in [0.1, 0.15) is 6.42 Å². The molecule has 0 fully saturated rings. The second-order valence-electron chi connectivity index (χ2n) is 4.02. The number of rotatable bonds is 6. The third kappa shape index (κ3) is 3.07. The Hall–Kier alpha value is -1.42. The van der Waals surface area contributed by atoms with Crippen LogP contribution < -0.4 is 10.1 Å². The normalized spacial score (nSPS) is 10.6. The molecule has 18 heavy (non-hydrogen) atoms. The third-order valence-electron chi connectivity index (χ3n) is 2.79. The van der Waals surface area contributed by atoms with Gasteiger partial charge in [0.15, 0.2) is 0 Å². The first-order chi connectivity index (χ1) is 8.85. The molecule has 0 aliphatic heterocycles. The minimum Gasteiger partial charge on any atom is -0.497 e. The first-order valence-electron chi connectivity index (χ1n) is 6.00. The van der Waals surface area contributed by atoms with Crippen molar-refractivity contribution in [1.29, 1.82) is 0 Å². The summed E-state index contributed by atoms with van der Waals surface area (Å²) in [6.07, 6.45) is 5.11. The summed E-state index contributed by atoms with van der Waals surface area (Å²) in [5.41, 5.74) is 0. The highest BCUT2D eigenvalue weighted by Gasteiger charge is 2.02. The molecular weight excluding hydrogens is 244 g/mol. The molecule has 0 bridgehead atoms. The summed E-state index contributed by atoms with van der Waals surface area (Å²) < 4.78 is 5.23. The van der Waals surface area contributed by atoms with E-state index in [0.717, 1.165) is 35.3 Å². The molecule has 0 aliphatic carbocycles. The van der Waals surface area contributed by atoms with Gasteiger partial charge in [-0.1, -0.05) is 0 Å². The molecule has 0 spiro atoms. The lowest BCUT2D eigenvalue weighted by Gasteiger charge is -2.09. The lowest BCUT2D eigenvalue weighted by atomic mass is 10.1. The predicted molar refractivity (Wildman–Crippen MR) is 79.8 cm³/mol. The largest absolute Gasteiger partial charge is 0.497 e. The molecule has 0 radical (unpaired) electrons. The van der Waals surface area contributed by atoms with Gasteiger partial charge >= 0.3 is 0 Å². The SMILES string of the molecule is COc1ccc2c(NCCCSC)nccc2c1. The average Bonchev–Trinajstić information content (AvgIpc) is 2.43. The molecule has 4 heteroatoms. The summed E-state index contributed by atoms with van der Waals surface area (Å²) >= 11 is 1.87. The van der Waals surface area contributed by atoms with E-state index in [4.69, 9.17) is 4.74 Å². The van der Waals surface area contributed by atoms with E-state index in [1.807, 2.05) is 36.2 Å². The second kappa shape index (κ2) is 6.50. The van der Waals surface area contributed by atoms with E-state index in [2.05, 4.69) is 22.6 Å². The van der Waals surface area contributed by atoms with E-state index in [-0.39, 0.29) is 0 Å². The van der Waals surface area contributed by atoms with Gasteiger partial charge in [-0.15, -0.1) is 0 Å². The van der Waals surface area contributed by atoms with Crippen LogP contribution >= 0.6 is 11.8 Å². The van der Waals surface area contributed by atoms with Gasteiger partial charge in [0.2, 0.25) is 0 Å². The molecule has 1 aromatic carbocycles. The molecule has 1 N–H and O–H groups in total. The Morgan fingerprint density at radius 3 is 3.00 bits per heavy atom. The van der Waals surface area contributed by atoms with Crippen molar-refractivity contribution >= 4 is 28.4 Å². The summed E-state index contributed by atoms with van der Waals surface area (Å²) in [4.78, 5) is 4.40. The van der Waals surface area contributed by atoms with Gasteiger partial charge in [-0.2, -0.15) is 11.8 Å². The lowest BCUT2D eigenvalue weighted by Crippen LogP contribution is -2.04. The molecule has 3 nitrogen and oxygen atoms in total. The third-order valence-corrected chi connectivity index (χ3v) is 3.49. The molecular formula is C14H18N2OS. The number of pyridine rings is 1. The van der Waals surface area contributed by atoms with Gasteiger partial charge in [-0.25, -0.2) is 4.98 Å². The van der Waals surface area contributed by atoms with Gasteiger partial charge < -0.3 is 10.1 Å². The van der Waals surface area contributed by atoms with E-state index in [0.29, 0.717) is 0 Å². The van der Waals surface area contributed by atoms with Crippen LogP contribution in [0.15, 0.2) is 30.5 Å². The van der Waals surface area contributed by atoms with Gasteiger partial charge in [0.05, 0.1) is 7.11 Å². The quantitative estimate of drug-likeness (QED) is 0.809. The zero-order chi connectivity index (χ0) is 12.8. The molecule has 0 saturated heterocycles. The second-order valence-corrected chi connectivity index (χ2v) is 5.01. The van der Waals surface area contributed by atoms with E-state index in [1.54, 1.807) is 7.11 Å². The number of anilines is 1. The Bertz CT molecular complexity index is 516. The molecule has 0 saturated carbocycles. The maximum absolute atomic E-state index is 5.23. The molecule has 0 unspecified atom stereocenters. The van der Waals surface area contributed by atoms with Gasteiger partial charge in [-0.05, 0) is 48.1 Å². The summed E-state index contributed by atoms with van der Waals surface area (Å²) in [7, 11) is 1.68. The fourth-order valence-corrected chi connectivity index (χ4v) is 2.28. The number of nitrogens with zero attached hydrogens (tertiary/aromatic N) is 1. The predicted octanol–water partition coefficient (Wildman–Crippen LogP) is 3.41. The number of benzene rings is 1.